The third-order valence-electron chi connectivity index (χ3n) is 5.11. The summed E-state index contributed by atoms with van der Waals surface area (Å²) in [5.41, 5.74) is 1.63. The summed E-state index contributed by atoms with van der Waals surface area (Å²) < 4.78 is 4.87. The van der Waals surface area contributed by atoms with Gasteiger partial charge in [-0.15, -0.1) is 24.0 Å². The van der Waals surface area contributed by atoms with Gasteiger partial charge in [0.05, 0.1) is 19.6 Å². The Morgan fingerprint density at radius 3 is 2.55 bits per heavy atom. The molecule has 1 fully saturated rings. The van der Waals surface area contributed by atoms with Crippen LogP contribution in [0.4, 0.5) is 0 Å². The summed E-state index contributed by atoms with van der Waals surface area (Å²) in [6, 6.07) is 7.58. The molecule has 2 N–H and O–H groups in total. The minimum absolute atomic E-state index is 0. The van der Waals surface area contributed by atoms with Gasteiger partial charge in [0, 0.05) is 38.3 Å². The predicted molar refractivity (Wildman–Crippen MR) is 134 cm³/mol. The normalized spacial score (nSPS) is 14.7. The second-order valence-corrected chi connectivity index (χ2v) is 7.71. The number of esters is 1. The number of hydrogen-bond donors (Lipinski definition) is 2. The Hall–Kier alpha value is -1.88. The van der Waals surface area contributed by atoms with Crippen molar-refractivity contribution < 1.29 is 14.3 Å². The monoisotopic (exact) mass is 545 g/mol. The Labute approximate surface area is 202 Å². The molecule has 1 heterocycles. The van der Waals surface area contributed by atoms with Crippen molar-refractivity contribution in [1.82, 2.24) is 20.4 Å². The summed E-state index contributed by atoms with van der Waals surface area (Å²) in [6.07, 6.45) is 1.53. The summed E-state index contributed by atoms with van der Waals surface area (Å²) in [6.45, 7) is 6.23. The zero-order valence-electron chi connectivity index (χ0n) is 19.0. The number of likely N-dealkylation sites (tertiary alicyclic amines) is 1. The molecule has 0 atom stereocenters. The Bertz CT molecular complexity index is 734. The molecule has 0 unspecified atom stereocenters. The number of carbonyl (C=O) groups excluding carboxylic acids is 2. The number of halogens is 1. The molecule has 0 aromatic heterocycles. The predicted octanol–water partition coefficient (Wildman–Crippen LogP) is 1.95. The van der Waals surface area contributed by atoms with Crippen LogP contribution in [-0.2, 0) is 16.1 Å². The first-order valence-electron chi connectivity index (χ1n) is 10.6. The van der Waals surface area contributed by atoms with Crippen molar-refractivity contribution in [2.24, 2.45) is 10.9 Å². The molecule has 0 spiro atoms. The van der Waals surface area contributed by atoms with Crippen LogP contribution in [0.25, 0.3) is 0 Å². The van der Waals surface area contributed by atoms with Gasteiger partial charge in [-0.2, -0.15) is 0 Å². The van der Waals surface area contributed by atoms with E-state index in [0.717, 1.165) is 50.5 Å². The standard InChI is InChI=1S/C22H35N5O3.HI/c1-5-23-22(27-12-9-18(10-13-27)21(29)30-4)25-16-17-7-6-8-19(15-17)20(28)24-11-14-26(2)3;/h6-8,15,18H,5,9-14,16H2,1-4H3,(H,23,25)(H,24,28);1H. The minimum atomic E-state index is -0.128. The van der Waals surface area contributed by atoms with Crippen molar-refractivity contribution in [3.05, 3.63) is 35.4 Å². The van der Waals surface area contributed by atoms with E-state index in [2.05, 4.69) is 15.5 Å². The number of benzene rings is 1. The Balaban J connectivity index is 0.00000480. The van der Waals surface area contributed by atoms with Gasteiger partial charge in [0.2, 0.25) is 0 Å². The van der Waals surface area contributed by atoms with Crippen molar-refractivity contribution in [2.75, 3.05) is 53.9 Å². The van der Waals surface area contributed by atoms with Gasteiger partial charge in [0.15, 0.2) is 5.96 Å². The second kappa shape index (κ2) is 14.2. The van der Waals surface area contributed by atoms with E-state index in [1.54, 1.807) is 0 Å². The molecule has 1 aromatic carbocycles. The molecular weight excluding hydrogens is 509 g/mol. The highest BCUT2D eigenvalue weighted by atomic mass is 127. The maximum Gasteiger partial charge on any atom is 0.308 e. The number of aliphatic imine (C=N–C) groups is 1. The number of piperidine rings is 1. The molecule has 1 aromatic rings. The molecule has 1 saturated heterocycles. The summed E-state index contributed by atoms with van der Waals surface area (Å²) in [5, 5.41) is 6.27. The quantitative estimate of drug-likeness (QED) is 0.225. The van der Waals surface area contributed by atoms with Crippen LogP contribution in [0.3, 0.4) is 0 Å². The summed E-state index contributed by atoms with van der Waals surface area (Å²) in [4.78, 5) is 33.1. The fourth-order valence-electron chi connectivity index (χ4n) is 3.39. The van der Waals surface area contributed by atoms with E-state index >= 15 is 0 Å². The smallest absolute Gasteiger partial charge is 0.308 e. The molecule has 0 radical (unpaired) electrons. The van der Waals surface area contributed by atoms with Gasteiger partial charge in [-0.05, 0) is 51.6 Å². The first-order chi connectivity index (χ1) is 14.4. The molecule has 8 nitrogen and oxygen atoms in total. The lowest BCUT2D eigenvalue weighted by Gasteiger charge is -2.33. The van der Waals surface area contributed by atoms with Crippen molar-refractivity contribution >= 4 is 41.8 Å². The zero-order chi connectivity index (χ0) is 21.9. The van der Waals surface area contributed by atoms with Crippen LogP contribution >= 0.6 is 24.0 Å². The van der Waals surface area contributed by atoms with Gasteiger partial charge in [0.25, 0.3) is 5.91 Å². The number of carbonyl (C=O) groups is 2. The highest BCUT2D eigenvalue weighted by Gasteiger charge is 2.26. The van der Waals surface area contributed by atoms with Gasteiger partial charge in [-0.3, -0.25) is 9.59 Å². The zero-order valence-corrected chi connectivity index (χ0v) is 21.3. The molecule has 0 aliphatic carbocycles. The maximum atomic E-state index is 12.4. The highest BCUT2D eigenvalue weighted by molar-refractivity contribution is 14.0. The number of rotatable bonds is 8. The van der Waals surface area contributed by atoms with Gasteiger partial charge in [-0.25, -0.2) is 4.99 Å². The minimum Gasteiger partial charge on any atom is -0.469 e. The number of hydrogen-bond acceptors (Lipinski definition) is 5. The van der Waals surface area contributed by atoms with E-state index in [0.29, 0.717) is 18.7 Å². The molecule has 1 aliphatic heterocycles. The van der Waals surface area contributed by atoms with Crippen LogP contribution in [0.1, 0.15) is 35.7 Å². The number of likely N-dealkylation sites (N-methyl/N-ethyl adjacent to an activating group) is 1. The number of methoxy groups -OCH3 is 1. The molecule has 9 heteroatoms. The molecule has 2 rings (SSSR count). The van der Waals surface area contributed by atoms with E-state index in [9.17, 15) is 9.59 Å². The SMILES string of the molecule is CCNC(=NCc1cccc(C(=O)NCCN(C)C)c1)N1CCC(C(=O)OC)CC1.I. The van der Waals surface area contributed by atoms with Gasteiger partial charge >= 0.3 is 5.97 Å². The fourth-order valence-corrected chi connectivity index (χ4v) is 3.39. The summed E-state index contributed by atoms with van der Waals surface area (Å²) in [5.74, 6) is 0.607. The van der Waals surface area contributed by atoms with Crippen LogP contribution in [0.15, 0.2) is 29.3 Å². The topological polar surface area (TPSA) is 86.3 Å². The van der Waals surface area contributed by atoms with E-state index < -0.39 is 0 Å². The molecule has 0 bridgehead atoms. The van der Waals surface area contributed by atoms with Crippen LogP contribution in [0.2, 0.25) is 0 Å². The van der Waals surface area contributed by atoms with E-state index in [-0.39, 0.29) is 41.8 Å². The van der Waals surface area contributed by atoms with Gasteiger partial charge < -0.3 is 25.2 Å². The molecule has 1 amide bonds. The lowest BCUT2D eigenvalue weighted by Crippen LogP contribution is -2.46. The number of nitrogens with one attached hydrogen (secondary N) is 2. The van der Waals surface area contributed by atoms with Gasteiger partial charge in [-0.1, -0.05) is 12.1 Å². The van der Waals surface area contributed by atoms with Crippen LogP contribution in [-0.4, -0.2) is 81.6 Å². The summed E-state index contributed by atoms with van der Waals surface area (Å²) >= 11 is 0. The fraction of sp³-hybridized carbons (Fsp3) is 0.591. The number of amides is 1. The van der Waals surface area contributed by atoms with Crippen LogP contribution < -0.4 is 10.6 Å². The average molecular weight is 545 g/mol. The third kappa shape index (κ3) is 9.02. The van der Waals surface area contributed by atoms with Crippen LogP contribution in [0.5, 0.6) is 0 Å². The third-order valence-corrected chi connectivity index (χ3v) is 5.11. The van der Waals surface area contributed by atoms with Crippen molar-refractivity contribution in [2.45, 2.75) is 26.3 Å². The number of ether oxygens (including phenoxy) is 1. The molecule has 174 valence electrons. The highest BCUT2D eigenvalue weighted by Crippen LogP contribution is 2.18. The Morgan fingerprint density at radius 1 is 1.23 bits per heavy atom. The van der Waals surface area contributed by atoms with Crippen LogP contribution in [0, 0.1) is 5.92 Å². The Kier molecular flexibility index (Phi) is 12.5. The average Bonchev–Trinajstić information content (AvgIpc) is 2.76. The lowest BCUT2D eigenvalue weighted by molar-refractivity contribution is -0.146. The van der Waals surface area contributed by atoms with Crippen molar-refractivity contribution in [1.29, 1.82) is 0 Å². The van der Waals surface area contributed by atoms with E-state index in [1.807, 2.05) is 50.2 Å². The first kappa shape index (κ1) is 27.2. The van der Waals surface area contributed by atoms with Gasteiger partial charge in [0.1, 0.15) is 0 Å². The second-order valence-electron chi connectivity index (χ2n) is 7.71. The number of guanidine groups is 1. The first-order valence-corrected chi connectivity index (χ1v) is 10.6. The number of nitrogens with zero attached hydrogens (tertiary/aromatic N) is 3. The lowest BCUT2D eigenvalue weighted by atomic mass is 9.97. The van der Waals surface area contributed by atoms with Crippen molar-refractivity contribution in [3.8, 4) is 0 Å². The summed E-state index contributed by atoms with van der Waals surface area (Å²) in [7, 11) is 5.39. The maximum absolute atomic E-state index is 12.4. The van der Waals surface area contributed by atoms with Crippen molar-refractivity contribution in [3.63, 3.8) is 0 Å². The van der Waals surface area contributed by atoms with E-state index in [1.165, 1.54) is 7.11 Å². The Morgan fingerprint density at radius 2 is 1.94 bits per heavy atom. The molecule has 1 aliphatic rings. The largest absolute Gasteiger partial charge is 0.469 e. The molecule has 31 heavy (non-hydrogen) atoms. The van der Waals surface area contributed by atoms with E-state index in [4.69, 9.17) is 9.73 Å². The molecular formula is C22H36IN5O3. The molecule has 0 saturated carbocycles.